The van der Waals surface area contributed by atoms with E-state index in [9.17, 15) is 22.0 Å². The number of carbonyl (C=O) groups is 1. The maximum atomic E-state index is 13.3. The maximum absolute atomic E-state index is 13.3. The molecule has 0 saturated heterocycles. The van der Waals surface area contributed by atoms with Crippen LogP contribution in [0.15, 0.2) is 47.4 Å². The molecule has 0 aliphatic rings. The van der Waals surface area contributed by atoms with Gasteiger partial charge in [0.15, 0.2) is 11.6 Å². The summed E-state index contributed by atoms with van der Waals surface area (Å²) in [5.74, 6) is 3.08. The van der Waals surface area contributed by atoms with E-state index in [-0.39, 0.29) is 29.7 Å². The summed E-state index contributed by atoms with van der Waals surface area (Å²) in [5.41, 5.74) is 0.478. The highest BCUT2D eigenvalue weighted by molar-refractivity contribution is 7.89. The van der Waals surface area contributed by atoms with Gasteiger partial charge in [0.1, 0.15) is 12.4 Å². The molecule has 27 heavy (non-hydrogen) atoms. The van der Waals surface area contributed by atoms with Crippen LogP contribution in [0.5, 0.6) is 5.75 Å². The Balaban J connectivity index is 1.85. The predicted molar refractivity (Wildman–Crippen MR) is 95.6 cm³/mol. The monoisotopic (exact) mass is 394 g/mol. The van der Waals surface area contributed by atoms with Crippen molar-refractivity contribution in [1.29, 1.82) is 0 Å². The normalized spacial score (nSPS) is 10.6. The fraction of sp³-hybridized carbons (Fsp3) is 0.167. The van der Waals surface area contributed by atoms with Crippen molar-refractivity contribution < 1.29 is 26.7 Å². The molecule has 2 N–H and O–H groups in total. The second kappa shape index (κ2) is 9.12. The molecule has 142 valence electrons. The molecule has 0 spiro atoms. The summed E-state index contributed by atoms with van der Waals surface area (Å²) >= 11 is 0. The lowest BCUT2D eigenvalue weighted by Gasteiger charge is -2.06. The molecule has 2 aromatic rings. The van der Waals surface area contributed by atoms with E-state index in [1.807, 2.05) is 0 Å². The average molecular weight is 394 g/mol. The Hall–Kier alpha value is -2.96. The minimum atomic E-state index is -3.76. The first-order valence-corrected chi connectivity index (χ1v) is 9.17. The highest BCUT2D eigenvalue weighted by Crippen LogP contribution is 2.17. The molecule has 6 nitrogen and oxygen atoms in total. The van der Waals surface area contributed by atoms with Gasteiger partial charge in [-0.25, -0.2) is 17.2 Å². The molecule has 9 heteroatoms. The molecular formula is C18H16F2N2O4S. The lowest BCUT2D eigenvalue weighted by Crippen LogP contribution is -2.24. The number of hydrogen-bond donors (Lipinski definition) is 2. The summed E-state index contributed by atoms with van der Waals surface area (Å²) in [4.78, 5) is 11.0. The van der Waals surface area contributed by atoms with Crippen LogP contribution in [0, 0.1) is 23.5 Å². The molecule has 0 aliphatic heterocycles. The standard InChI is InChI=1S/C18H16F2N2O4S/c1-13(23)22-15-5-7-16(8-6-15)27(24,25)21-10-2-3-11-26-18-9-4-14(19)12-17(18)20/h4-9,12,21H,10-11H2,1H3,(H,22,23). The Morgan fingerprint density at radius 3 is 2.44 bits per heavy atom. The van der Waals surface area contributed by atoms with Gasteiger partial charge in [-0.05, 0) is 36.4 Å². The minimum absolute atomic E-state index is 0.0167. The second-order valence-electron chi connectivity index (χ2n) is 5.25. The largest absolute Gasteiger partial charge is 0.478 e. The van der Waals surface area contributed by atoms with Gasteiger partial charge in [0.05, 0.1) is 11.4 Å². The first-order chi connectivity index (χ1) is 12.8. The summed E-state index contributed by atoms with van der Waals surface area (Å²) in [6.45, 7) is 0.986. The third-order valence-corrected chi connectivity index (χ3v) is 4.57. The summed E-state index contributed by atoms with van der Waals surface area (Å²) in [7, 11) is -3.76. The molecule has 0 unspecified atom stereocenters. The lowest BCUT2D eigenvalue weighted by atomic mass is 10.3. The van der Waals surface area contributed by atoms with Gasteiger partial charge in [0, 0.05) is 18.7 Å². The van der Waals surface area contributed by atoms with Gasteiger partial charge in [-0.3, -0.25) is 4.79 Å². The number of rotatable bonds is 6. The van der Waals surface area contributed by atoms with Crippen LogP contribution in [0.4, 0.5) is 14.5 Å². The number of carbonyl (C=O) groups excluding carboxylic acids is 1. The first-order valence-electron chi connectivity index (χ1n) is 7.69. The van der Waals surface area contributed by atoms with Crippen molar-refractivity contribution in [3.8, 4) is 17.6 Å². The molecule has 0 saturated carbocycles. The molecule has 2 aromatic carbocycles. The van der Waals surface area contributed by atoms with E-state index in [1.54, 1.807) is 0 Å². The zero-order valence-corrected chi connectivity index (χ0v) is 15.1. The molecule has 0 fully saturated rings. The molecule has 0 aromatic heterocycles. The van der Waals surface area contributed by atoms with Crippen LogP contribution in [-0.4, -0.2) is 27.5 Å². The van der Waals surface area contributed by atoms with E-state index in [4.69, 9.17) is 4.74 Å². The lowest BCUT2D eigenvalue weighted by molar-refractivity contribution is -0.114. The summed E-state index contributed by atoms with van der Waals surface area (Å²) in [6, 6.07) is 8.51. The van der Waals surface area contributed by atoms with Gasteiger partial charge in [0.2, 0.25) is 15.9 Å². The molecule has 1 amide bonds. The SMILES string of the molecule is CC(=O)Nc1ccc(S(=O)(=O)NCC#CCOc2ccc(F)cc2F)cc1. The van der Waals surface area contributed by atoms with Crippen molar-refractivity contribution in [3.63, 3.8) is 0 Å². The van der Waals surface area contributed by atoms with Crippen molar-refractivity contribution in [2.45, 2.75) is 11.8 Å². The van der Waals surface area contributed by atoms with Gasteiger partial charge >= 0.3 is 0 Å². The number of anilines is 1. The summed E-state index contributed by atoms with van der Waals surface area (Å²) in [5, 5.41) is 2.53. The third-order valence-electron chi connectivity index (χ3n) is 3.15. The smallest absolute Gasteiger partial charge is 0.241 e. The maximum Gasteiger partial charge on any atom is 0.241 e. The topological polar surface area (TPSA) is 84.5 Å². The number of nitrogens with one attached hydrogen (secondary N) is 2. The molecule has 0 atom stereocenters. The van der Waals surface area contributed by atoms with Crippen molar-refractivity contribution in [1.82, 2.24) is 4.72 Å². The Labute approximate surface area is 155 Å². The minimum Gasteiger partial charge on any atom is -0.478 e. The van der Waals surface area contributed by atoms with Crippen LogP contribution in [0.25, 0.3) is 0 Å². The van der Waals surface area contributed by atoms with Crippen LogP contribution in [0.2, 0.25) is 0 Å². The number of hydrogen-bond acceptors (Lipinski definition) is 4. The average Bonchev–Trinajstić information content (AvgIpc) is 2.59. The van der Waals surface area contributed by atoms with Gasteiger partial charge in [0.25, 0.3) is 0 Å². The third kappa shape index (κ3) is 6.36. The summed E-state index contributed by atoms with van der Waals surface area (Å²) in [6.07, 6.45) is 0. The predicted octanol–water partition coefficient (Wildman–Crippen LogP) is 2.28. The van der Waals surface area contributed by atoms with Crippen molar-refractivity contribution in [2.75, 3.05) is 18.5 Å². The molecule has 0 radical (unpaired) electrons. The van der Waals surface area contributed by atoms with Gasteiger partial charge in [-0.15, -0.1) is 0 Å². The van der Waals surface area contributed by atoms with E-state index < -0.39 is 21.7 Å². The van der Waals surface area contributed by atoms with Crippen molar-refractivity contribution in [3.05, 3.63) is 54.1 Å². The molecular weight excluding hydrogens is 378 g/mol. The highest BCUT2D eigenvalue weighted by Gasteiger charge is 2.12. The zero-order chi connectivity index (χ0) is 19.9. The van der Waals surface area contributed by atoms with E-state index in [0.29, 0.717) is 11.8 Å². The number of sulfonamides is 1. The number of amides is 1. The van der Waals surface area contributed by atoms with E-state index in [0.717, 1.165) is 12.1 Å². The summed E-state index contributed by atoms with van der Waals surface area (Å²) < 4.78 is 57.6. The Kier molecular flexibility index (Phi) is 6.87. The van der Waals surface area contributed by atoms with Crippen LogP contribution < -0.4 is 14.8 Å². The molecule has 2 rings (SSSR count). The molecule has 0 bridgehead atoms. The van der Waals surface area contributed by atoms with Gasteiger partial charge in [-0.1, -0.05) is 11.8 Å². The Morgan fingerprint density at radius 1 is 1.11 bits per heavy atom. The highest BCUT2D eigenvalue weighted by atomic mass is 32.2. The Bertz CT molecular complexity index is 981. The van der Waals surface area contributed by atoms with E-state index >= 15 is 0 Å². The van der Waals surface area contributed by atoms with E-state index in [2.05, 4.69) is 21.9 Å². The van der Waals surface area contributed by atoms with Crippen LogP contribution in [0.3, 0.4) is 0 Å². The first kappa shape index (κ1) is 20.4. The van der Waals surface area contributed by atoms with Crippen molar-refractivity contribution >= 4 is 21.6 Å². The number of halogens is 2. The molecule has 0 aliphatic carbocycles. The number of benzene rings is 2. The van der Waals surface area contributed by atoms with Crippen LogP contribution >= 0.6 is 0 Å². The second-order valence-corrected chi connectivity index (χ2v) is 7.01. The van der Waals surface area contributed by atoms with Crippen LogP contribution in [-0.2, 0) is 14.8 Å². The number of ether oxygens (including phenoxy) is 1. The van der Waals surface area contributed by atoms with Crippen LogP contribution in [0.1, 0.15) is 6.92 Å². The zero-order valence-electron chi connectivity index (χ0n) is 14.3. The Morgan fingerprint density at radius 2 is 1.81 bits per heavy atom. The van der Waals surface area contributed by atoms with Gasteiger partial charge < -0.3 is 10.1 Å². The van der Waals surface area contributed by atoms with E-state index in [1.165, 1.54) is 31.2 Å². The van der Waals surface area contributed by atoms with Gasteiger partial charge in [-0.2, -0.15) is 4.72 Å². The molecule has 0 heterocycles. The fourth-order valence-corrected chi connectivity index (χ4v) is 2.88. The van der Waals surface area contributed by atoms with Crippen molar-refractivity contribution in [2.24, 2.45) is 0 Å². The fourth-order valence-electron chi connectivity index (χ4n) is 1.95. The quantitative estimate of drug-likeness (QED) is 0.737.